The Balaban J connectivity index is 2.02. The third-order valence-corrected chi connectivity index (χ3v) is 3.55. The molecule has 0 saturated heterocycles. The van der Waals surface area contributed by atoms with Gasteiger partial charge >= 0.3 is 0 Å². The summed E-state index contributed by atoms with van der Waals surface area (Å²) >= 11 is 4.26. The van der Waals surface area contributed by atoms with Gasteiger partial charge in [0, 0.05) is 16.3 Å². The summed E-state index contributed by atoms with van der Waals surface area (Å²) < 4.78 is 11.7. The van der Waals surface area contributed by atoms with Crippen molar-refractivity contribution in [1.29, 1.82) is 0 Å². The molecule has 1 aromatic heterocycles. The number of fused-ring (bicyclic) bond motifs is 1. The number of carbonyl (C=O) groups excluding carboxylic acids is 1. The molecule has 0 bridgehead atoms. The lowest BCUT2D eigenvalue weighted by Crippen LogP contribution is -2.06. The normalized spacial score (nSPS) is 11.0. The second-order valence-corrected chi connectivity index (χ2v) is 6.01. The van der Waals surface area contributed by atoms with Gasteiger partial charge in [0.15, 0.2) is 6.29 Å². The van der Waals surface area contributed by atoms with Crippen LogP contribution in [0.15, 0.2) is 47.4 Å². The first kappa shape index (κ1) is 15.5. The Kier molecular flexibility index (Phi) is 4.30. The molecule has 4 nitrogen and oxygen atoms in total. The molecule has 1 N–H and O–H groups in total. The maximum Gasteiger partial charge on any atom is 0.166 e. The summed E-state index contributed by atoms with van der Waals surface area (Å²) in [4.78, 5) is 14.9. The Hall–Kier alpha value is -2.40. The van der Waals surface area contributed by atoms with Gasteiger partial charge in [0.25, 0.3) is 0 Å². The molecule has 23 heavy (non-hydrogen) atoms. The Labute approximate surface area is 139 Å². The van der Waals surface area contributed by atoms with Crippen molar-refractivity contribution in [3.63, 3.8) is 0 Å². The third-order valence-electron chi connectivity index (χ3n) is 3.25. The molecule has 0 atom stereocenters. The van der Waals surface area contributed by atoms with Crippen molar-refractivity contribution in [2.75, 3.05) is 0 Å². The lowest BCUT2D eigenvalue weighted by atomic mass is 10.2. The third kappa shape index (κ3) is 3.51. The molecular weight excluding hydrogens is 310 g/mol. The number of hydrogen-bond acceptors (Lipinski definition) is 4. The summed E-state index contributed by atoms with van der Waals surface area (Å²) in [6.45, 7) is 3.91. The Morgan fingerprint density at radius 2 is 1.83 bits per heavy atom. The minimum Gasteiger partial charge on any atom is -0.489 e. The topological polar surface area (TPSA) is 51.3 Å². The summed E-state index contributed by atoms with van der Waals surface area (Å²) in [5.41, 5.74) is 1.30. The Morgan fingerprint density at radius 1 is 1.09 bits per heavy atom. The van der Waals surface area contributed by atoms with Crippen molar-refractivity contribution < 1.29 is 14.3 Å². The number of carbonyl (C=O) groups is 1. The zero-order valence-corrected chi connectivity index (χ0v) is 13.8. The van der Waals surface area contributed by atoms with E-state index in [2.05, 4.69) is 17.6 Å². The average Bonchev–Trinajstić information content (AvgIpc) is 2.92. The van der Waals surface area contributed by atoms with E-state index >= 15 is 0 Å². The van der Waals surface area contributed by atoms with Crippen molar-refractivity contribution in [2.24, 2.45) is 0 Å². The van der Waals surface area contributed by atoms with Crippen LogP contribution in [0.5, 0.6) is 17.2 Å². The quantitative estimate of drug-likeness (QED) is 0.520. The molecule has 0 amide bonds. The zero-order valence-electron chi connectivity index (χ0n) is 12.9. The van der Waals surface area contributed by atoms with Crippen LogP contribution in [0, 0.1) is 0 Å². The van der Waals surface area contributed by atoms with Gasteiger partial charge in [0.1, 0.15) is 17.2 Å². The van der Waals surface area contributed by atoms with Crippen LogP contribution in [-0.2, 0) is 0 Å². The van der Waals surface area contributed by atoms with Crippen LogP contribution in [0.4, 0.5) is 0 Å². The highest BCUT2D eigenvalue weighted by Gasteiger charge is 2.12. The Morgan fingerprint density at radius 3 is 2.48 bits per heavy atom. The highest BCUT2D eigenvalue weighted by molar-refractivity contribution is 7.80. The van der Waals surface area contributed by atoms with E-state index in [0.717, 1.165) is 22.1 Å². The molecule has 0 aliphatic rings. The van der Waals surface area contributed by atoms with E-state index in [0.29, 0.717) is 22.9 Å². The van der Waals surface area contributed by atoms with Gasteiger partial charge in [-0.15, -0.1) is 12.6 Å². The van der Waals surface area contributed by atoms with Gasteiger partial charge in [-0.05, 0) is 50.2 Å². The number of benzene rings is 2. The van der Waals surface area contributed by atoms with Crippen LogP contribution >= 0.6 is 12.6 Å². The highest BCUT2D eigenvalue weighted by atomic mass is 32.1. The van der Waals surface area contributed by atoms with Crippen LogP contribution in [0.2, 0.25) is 0 Å². The van der Waals surface area contributed by atoms with E-state index in [4.69, 9.17) is 9.47 Å². The van der Waals surface area contributed by atoms with E-state index in [1.807, 2.05) is 50.2 Å². The Bertz CT molecular complexity index is 837. The predicted octanol–water partition coefficient (Wildman–Crippen LogP) is 4.85. The molecule has 2 aromatic carbocycles. The minimum absolute atomic E-state index is 0.0138. The zero-order chi connectivity index (χ0) is 16.4. The molecule has 0 unspecified atom stereocenters. The fourth-order valence-corrected chi connectivity index (χ4v) is 2.47. The van der Waals surface area contributed by atoms with E-state index < -0.39 is 0 Å². The summed E-state index contributed by atoms with van der Waals surface area (Å²) in [6, 6.07) is 12.9. The van der Waals surface area contributed by atoms with Gasteiger partial charge in [0.2, 0.25) is 0 Å². The van der Waals surface area contributed by atoms with Crippen LogP contribution in [0.25, 0.3) is 10.9 Å². The lowest BCUT2D eigenvalue weighted by molar-refractivity contribution is 0.112. The maximum absolute atomic E-state index is 11.0. The molecule has 0 aliphatic heterocycles. The number of aromatic amines is 1. The van der Waals surface area contributed by atoms with Crippen LogP contribution in [0.3, 0.4) is 0 Å². The van der Waals surface area contributed by atoms with Gasteiger partial charge in [-0.3, -0.25) is 4.79 Å². The summed E-state index contributed by atoms with van der Waals surface area (Å²) in [5.74, 6) is 2.02. The minimum atomic E-state index is 0.0138. The number of aromatic nitrogens is 1. The smallest absolute Gasteiger partial charge is 0.166 e. The van der Waals surface area contributed by atoms with Crippen LogP contribution in [0.1, 0.15) is 24.3 Å². The number of H-pyrrole nitrogens is 1. The standard InChI is InChI=1S/C18H17NO3S/c1-11(2)21-17-9-15(22-14-3-5-16(23)6-4-14)8-12-7-13(10-20)19-18(12)17/h3-11,19,23H,1-2H3. The molecule has 3 aromatic rings. The summed E-state index contributed by atoms with van der Waals surface area (Å²) in [5, 5.41) is 0.867. The summed E-state index contributed by atoms with van der Waals surface area (Å²) in [6.07, 6.45) is 0.797. The number of ether oxygens (including phenoxy) is 2. The second-order valence-electron chi connectivity index (χ2n) is 5.49. The van der Waals surface area contributed by atoms with Gasteiger partial charge in [-0.25, -0.2) is 0 Å². The first-order valence-electron chi connectivity index (χ1n) is 7.30. The largest absolute Gasteiger partial charge is 0.489 e. The summed E-state index contributed by atoms with van der Waals surface area (Å²) in [7, 11) is 0. The number of nitrogens with one attached hydrogen (secondary N) is 1. The molecule has 0 spiro atoms. The average molecular weight is 327 g/mol. The maximum atomic E-state index is 11.0. The molecule has 0 radical (unpaired) electrons. The van der Waals surface area contributed by atoms with Crippen LogP contribution < -0.4 is 9.47 Å². The molecular formula is C18H17NO3S. The molecule has 5 heteroatoms. The first-order valence-corrected chi connectivity index (χ1v) is 7.75. The molecule has 0 aliphatic carbocycles. The molecule has 118 valence electrons. The van der Waals surface area contributed by atoms with E-state index in [1.54, 1.807) is 6.07 Å². The molecule has 0 saturated carbocycles. The molecule has 1 heterocycles. The van der Waals surface area contributed by atoms with Gasteiger partial charge < -0.3 is 14.5 Å². The van der Waals surface area contributed by atoms with E-state index in [1.165, 1.54) is 0 Å². The predicted molar refractivity (Wildman–Crippen MR) is 93.2 cm³/mol. The lowest BCUT2D eigenvalue weighted by Gasteiger charge is -2.13. The number of thiol groups is 1. The highest BCUT2D eigenvalue weighted by Crippen LogP contribution is 2.34. The van der Waals surface area contributed by atoms with Crippen molar-refractivity contribution in [3.05, 3.63) is 48.2 Å². The van der Waals surface area contributed by atoms with E-state index in [-0.39, 0.29) is 6.10 Å². The van der Waals surface area contributed by atoms with E-state index in [9.17, 15) is 4.79 Å². The van der Waals surface area contributed by atoms with Crippen molar-refractivity contribution in [2.45, 2.75) is 24.8 Å². The fourth-order valence-electron chi connectivity index (χ4n) is 2.33. The second kappa shape index (κ2) is 6.38. The van der Waals surface area contributed by atoms with Crippen molar-refractivity contribution >= 4 is 29.8 Å². The van der Waals surface area contributed by atoms with Gasteiger partial charge in [-0.2, -0.15) is 0 Å². The number of rotatable bonds is 5. The van der Waals surface area contributed by atoms with Gasteiger partial charge in [-0.1, -0.05) is 0 Å². The monoisotopic (exact) mass is 327 g/mol. The SMILES string of the molecule is CC(C)Oc1cc(Oc2ccc(S)cc2)cc2cc(C=O)[nH]c12. The number of aldehydes is 1. The molecule has 0 fully saturated rings. The molecule has 3 rings (SSSR count). The van der Waals surface area contributed by atoms with Crippen molar-refractivity contribution in [1.82, 2.24) is 4.98 Å². The first-order chi connectivity index (χ1) is 11.0. The number of hydrogen-bond donors (Lipinski definition) is 2. The van der Waals surface area contributed by atoms with Gasteiger partial charge in [0.05, 0.1) is 17.3 Å². The van der Waals surface area contributed by atoms with Crippen LogP contribution in [-0.4, -0.2) is 17.4 Å². The van der Waals surface area contributed by atoms with Crippen molar-refractivity contribution in [3.8, 4) is 17.2 Å². The fraction of sp³-hybridized carbons (Fsp3) is 0.167.